The lowest BCUT2D eigenvalue weighted by Gasteiger charge is -2.31. The van der Waals surface area contributed by atoms with Gasteiger partial charge in [-0.1, -0.05) is 35.5 Å². The molecule has 0 spiro atoms. The van der Waals surface area contributed by atoms with Gasteiger partial charge >= 0.3 is 0 Å². The van der Waals surface area contributed by atoms with E-state index in [4.69, 9.17) is 10.9 Å². The van der Waals surface area contributed by atoms with Crippen LogP contribution < -0.4 is 5.73 Å². The van der Waals surface area contributed by atoms with Crippen LogP contribution in [0, 0.1) is 5.92 Å². The number of piperidine rings is 1. The predicted molar refractivity (Wildman–Crippen MR) is 77.3 cm³/mol. The molecule has 0 bridgehead atoms. The molecule has 0 radical (unpaired) electrons. The highest BCUT2D eigenvalue weighted by Crippen LogP contribution is 2.17. The second kappa shape index (κ2) is 7.14. The normalized spacial score (nSPS) is 18.6. The molecule has 0 amide bonds. The summed E-state index contributed by atoms with van der Waals surface area (Å²) in [6, 6.07) is 10.6. The average Bonchev–Trinajstić information content (AvgIpc) is 2.48. The minimum atomic E-state index is 0.260. The second-order valence-corrected chi connectivity index (χ2v) is 5.23. The molecule has 1 fully saturated rings. The Kier molecular flexibility index (Phi) is 5.21. The molecule has 4 heteroatoms. The Balaban J connectivity index is 1.66. The van der Waals surface area contributed by atoms with E-state index in [0.29, 0.717) is 5.84 Å². The lowest BCUT2D eigenvalue weighted by atomic mass is 9.95. The first kappa shape index (κ1) is 13.9. The first-order valence-electron chi connectivity index (χ1n) is 7.03. The Morgan fingerprint density at radius 1 is 1.26 bits per heavy atom. The largest absolute Gasteiger partial charge is 0.409 e. The topological polar surface area (TPSA) is 61.9 Å². The molecule has 1 aliphatic heterocycles. The Morgan fingerprint density at radius 3 is 2.58 bits per heavy atom. The quantitative estimate of drug-likeness (QED) is 0.369. The zero-order chi connectivity index (χ0) is 13.5. The van der Waals surface area contributed by atoms with Crippen molar-refractivity contribution in [3.05, 3.63) is 35.9 Å². The number of amidine groups is 1. The molecule has 4 nitrogen and oxygen atoms in total. The molecule has 1 saturated heterocycles. The van der Waals surface area contributed by atoms with Crippen LogP contribution in [0.5, 0.6) is 0 Å². The van der Waals surface area contributed by atoms with E-state index in [9.17, 15) is 0 Å². The highest BCUT2D eigenvalue weighted by Gasteiger charge is 2.21. The Hall–Kier alpha value is -1.55. The highest BCUT2D eigenvalue weighted by molar-refractivity contribution is 5.82. The standard InChI is InChI=1S/C15H23N3O/c16-15(17-19)14-8-11-18(12-9-14)10-4-7-13-5-2-1-3-6-13/h1-3,5-6,14,19H,4,7-12H2,(H2,16,17). The summed E-state index contributed by atoms with van der Waals surface area (Å²) in [4.78, 5) is 2.48. The lowest BCUT2D eigenvalue weighted by Crippen LogP contribution is -2.39. The van der Waals surface area contributed by atoms with Crippen LogP contribution in [0.25, 0.3) is 0 Å². The molecule has 0 atom stereocenters. The van der Waals surface area contributed by atoms with Gasteiger partial charge in [0.15, 0.2) is 0 Å². The monoisotopic (exact) mass is 261 g/mol. The first-order chi connectivity index (χ1) is 9.29. The van der Waals surface area contributed by atoms with E-state index in [2.05, 4.69) is 40.4 Å². The third-order valence-electron chi connectivity index (χ3n) is 3.90. The Labute approximate surface area is 114 Å². The molecular formula is C15H23N3O. The molecule has 2 rings (SSSR count). The summed E-state index contributed by atoms with van der Waals surface area (Å²) in [5, 5.41) is 11.8. The summed E-state index contributed by atoms with van der Waals surface area (Å²) >= 11 is 0. The van der Waals surface area contributed by atoms with Gasteiger partial charge in [-0.05, 0) is 50.9 Å². The van der Waals surface area contributed by atoms with Gasteiger partial charge in [-0.3, -0.25) is 0 Å². The van der Waals surface area contributed by atoms with Crippen molar-refractivity contribution in [3.8, 4) is 0 Å². The Bertz CT molecular complexity index is 397. The minimum Gasteiger partial charge on any atom is -0.409 e. The van der Waals surface area contributed by atoms with Crippen molar-refractivity contribution in [2.24, 2.45) is 16.8 Å². The van der Waals surface area contributed by atoms with Gasteiger partial charge in [-0.15, -0.1) is 0 Å². The second-order valence-electron chi connectivity index (χ2n) is 5.23. The van der Waals surface area contributed by atoms with Crippen molar-refractivity contribution in [2.75, 3.05) is 19.6 Å². The van der Waals surface area contributed by atoms with Crippen LogP contribution >= 0.6 is 0 Å². The molecule has 0 aromatic heterocycles. The van der Waals surface area contributed by atoms with Crippen LogP contribution in [0.15, 0.2) is 35.5 Å². The number of nitrogens with zero attached hydrogens (tertiary/aromatic N) is 2. The number of oxime groups is 1. The van der Waals surface area contributed by atoms with Gasteiger partial charge in [0.1, 0.15) is 5.84 Å². The van der Waals surface area contributed by atoms with Gasteiger partial charge in [-0.25, -0.2) is 0 Å². The summed E-state index contributed by atoms with van der Waals surface area (Å²) in [6.45, 7) is 3.24. The van der Waals surface area contributed by atoms with Crippen LogP contribution in [0.4, 0.5) is 0 Å². The van der Waals surface area contributed by atoms with Crippen molar-refractivity contribution < 1.29 is 5.21 Å². The van der Waals surface area contributed by atoms with Gasteiger partial charge in [0.25, 0.3) is 0 Å². The van der Waals surface area contributed by atoms with E-state index in [1.807, 2.05) is 0 Å². The van der Waals surface area contributed by atoms with Crippen molar-refractivity contribution in [1.82, 2.24) is 4.90 Å². The third kappa shape index (κ3) is 4.24. The summed E-state index contributed by atoms with van der Waals surface area (Å²) < 4.78 is 0. The van der Waals surface area contributed by atoms with Crippen molar-refractivity contribution in [3.63, 3.8) is 0 Å². The van der Waals surface area contributed by atoms with Crippen LogP contribution in [0.3, 0.4) is 0 Å². The maximum Gasteiger partial charge on any atom is 0.142 e. The van der Waals surface area contributed by atoms with Crippen molar-refractivity contribution in [2.45, 2.75) is 25.7 Å². The van der Waals surface area contributed by atoms with E-state index < -0.39 is 0 Å². The summed E-state index contributed by atoms with van der Waals surface area (Å²) in [5.41, 5.74) is 7.06. The number of benzene rings is 1. The summed E-state index contributed by atoms with van der Waals surface area (Å²) in [5.74, 6) is 0.652. The predicted octanol–water partition coefficient (Wildman–Crippen LogP) is 2.08. The molecule has 3 N–H and O–H groups in total. The zero-order valence-corrected chi connectivity index (χ0v) is 11.3. The molecule has 19 heavy (non-hydrogen) atoms. The van der Waals surface area contributed by atoms with Crippen LogP contribution in [-0.2, 0) is 6.42 Å². The van der Waals surface area contributed by atoms with E-state index in [0.717, 1.165) is 38.9 Å². The number of aryl methyl sites for hydroxylation is 1. The maximum atomic E-state index is 8.67. The molecule has 1 aromatic carbocycles. The first-order valence-corrected chi connectivity index (χ1v) is 7.03. The minimum absolute atomic E-state index is 0.260. The number of likely N-dealkylation sites (tertiary alicyclic amines) is 1. The highest BCUT2D eigenvalue weighted by atomic mass is 16.4. The molecule has 1 aliphatic rings. The molecule has 1 heterocycles. The molecule has 0 saturated carbocycles. The van der Waals surface area contributed by atoms with E-state index in [1.54, 1.807) is 0 Å². The number of hydrogen-bond donors (Lipinski definition) is 2. The molecule has 1 aromatic rings. The average molecular weight is 261 g/mol. The summed E-state index contributed by atoms with van der Waals surface area (Å²) in [7, 11) is 0. The van der Waals surface area contributed by atoms with Gasteiger partial charge in [0.2, 0.25) is 0 Å². The van der Waals surface area contributed by atoms with E-state index in [1.165, 1.54) is 12.0 Å². The Morgan fingerprint density at radius 2 is 1.95 bits per heavy atom. The number of hydrogen-bond acceptors (Lipinski definition) is 3. The van der Waals surface area contributed by atoms with E-state index in [-0.39, 0.29) is 5.92 Å². The van der Waals surface area contributed by atoms with Crippen LogP contribution in [0.2, 0.25) is 0 Å². The summed E-state index contributed by atoms with van der Waals surface area (Å²) in [6.07, 6.45) is 4.34. The zero-order valence-electron chi connectivity index (χ0n) is 11.3. The molecule has 0 unspecified atom stereocenters. The smallest absolute Gasteiger partial charge is 0.142 e. The number of rotatable bonds is 5. The SMILES string of the molecule is NC(=NO)C1CCN(CCCc2ccccc2)CC1. The lowest BCUT2D eigenvalue weighted by molar-refractivity contribution is 0.204. The van der Waals surface area contributed by atoms with Crippen molar-refractivity contribution in [1.29, 1.82) is 0 Å². The van der Waals surface area contributed by atoms with Gasteiger partial charge in [0.05, 0.1) is 0 Å². The molecule has 104 valence electrons. The van der Waals surface area contributed by atoms with E-state index >= 15 is 0 Å². The van der Waals surface area contributed by atoms with Crippen LogP contribution in [0.1, 0.15) is 24.8 Å². The van der Waals surface area contributed by atoms with Crippen LogP contribution in [-0.4, -0.2) is 35.6 Å². The third-order valence-corrected chi connectivity index (χ3v) is 3.90. The maximum absolute atomic E-state index is 8.67. The molecular weight excluding hydrogens is 238 g/mol. The fraction of sp³-hybridized carbons (Fsp3) is 0.533. The van der Waals surface area contributed by atoms with Gasteiger partial charge in [0, 0.05) is 5.92 Å². The van der Waals surface area contributed by atoms with Gasteiger partial charge < -0.3 is 15.8 Å². The number of nitrogens with two attached hydrogens (primary N) is 1. The fourth-order valence-corrected chi connectivity index (χ4v) is 2.69. The van der Waals surface area contributed by atoms with Crippen molar-refractivity contribution >= 4 is 5.84 Å². The van der Waals surface area contributed by atoms with Gasteiger partial charge in [-0.2, -0.15) is 0 Å². The molecule has 0 aliphatic carbocycles. The fourth-order valence-electron chi connectivity index (χ4n) is 2.69.